The van der Waals surface area contributed by atoms with Crippen LogP contribution in [-0.2, 0) is 11.3 Å². The highest BCUT2D eigenvalue weighted by Crippen LogP contribution is 2.20. The lowest BCUT2D eigenvalue weighted by Crippen LogP contribution is -2.36. The van der Waals surface area contributed by atoms with Gasteiger partial charge in [-0.05, 0) is 36.2 Å². The molecule has 4 nitrogen and oxygen atoms in total. The number of hydrogen-bond acceptors (Lipinski definition) is 4. The first kappa shape index (κ1) is 15.1. The molecule has 1 fully saturated rings. The van der Waals surface area contributed by atoms with E-state index in [0.717, 1.165) is 48.4 Å². The van der Waals surface area contributed by atoms with E-state index in [1.54, 1.807) is 0 Å². The fourth-order valence-electron chi connectivity index (χ4n) is 2.48. The molecule has 1 aromatic heterocycles. The first-order valence-electron chi connectivity index (χ1n) is 7.50. The molecule has 0 spiro atoms. The first-order chi connectivity index (χ1) is 10.7. The summed E-state index contributed by atoms with van der Waals surface area (Å²) in [6, 6.07) is 10.2. The highest BCUT2D eigenvalue weighted by atomic mass is 35.5. The molecule has 1 aliphatic rings. The van der Waals surface area contributed by atoms with Crippen molar-refractivity contribution >= 4 is 23.1 Å². The van der Waals surface area contributed by atoms with Gasteiger partial charge in [0, 0.05) is 24.7 Å². The zero-order valence-corrected chi connectivity index (χ0v) is 13.4. The van der Waals surface area contributed by atoms with Crippen LogP contribution in [0.15, 0.2) is 36.5 Å². The first-order valence-corrected chi connectivity index (χ1v) is 7.88. The lowest BCUT2D eigenvalue weighted by Gasteiger charge is -2.28. The van der Waals surface area contributed by atoms with Gasteiger partial charge in [-0.15, -0.1) is 0 Å². The molecule has 22 heavy (non-hydrogen) atoms. The Morgan fingerprint density at radius 1 is 1.23 bits per heavy atom. The second kappa shape index (κ2) is 6.99. The highest BCUT2D eigenvalue weighted by molar-refractivity contribution is 6.31. The van der Waals surface area contributed by atoms with Crippen molar-refractivity contribution in [1.82, 2.24) is 4.98 Å². The molecule has 3 rings (SSSR count). The Balaban J connectivity index is 1.61. The van der Waals surface area contributed by atoms with Gasteiger partial charge in [-0.25, -0.2) is 4.98 Å². The van der Waals surface area contributed by atoms with Crippen LogP contribution in [0.25, 0.3) is 0 Å². The third kappa shape index (κ3) is 3.70. The van der Waals surface area contributed by atoms with Crippen molar-refractivity contribution in [2.75, 3.05) is 36.5 Å². The number of pyridine rings is 1. The number of aryl methyl sites for hydroxylation is 1. The molecule has 5 heteroatoms. The Morgan fingerprint density at radius 3 is 2.73 bits per heavy atom. The van der Waals surface area contributed by atoms with E-state index in [9.17, 15) is 0 Å². The molecule has 2 heterocycles. The van der Waals surface area contributed by atoms with Crippen LogP contribution in [-0.4, -0.2) is 31.3 Å². The summed E-state index contributed by atoms with van der Waals surface area (Å²) in [7, 11) is 0. The largest absolute Gasteiger partial charge is 0.378 e. The van der Waals surface area contributed by atoms with Crippen molar-refractivity contribution < 1.29 is 4.74 Å². The predicted octanol–water partition coefficient (Wildman–Crippen LogP) is 3.49. The minimum Gasteiger partial charge on any atom is -0.378 e. The summed E-state index contributed by atoms with van der Waals surface area (Å²) in [5, 5.41) is 4.10. The van der Waals surface area contributed by atoms with Gasteiger partial charge in [0.2, 0.25) is 0 Å². The van der Waals surface area contributed by atoms with Gasteiger partial charge >= 0.3 is 0 Å². The van der Waals surface area contributed by atoms with Gasteiger partial charge in [0.05, 0.1) is 25.1 Å². The summed E-state index contributed by atoms with van der Waals surface area (Å²) in [6.45, 7) is 6.12. The van der Waals surface area contributed by atoms with E-state index < -0.39 is 0 Å². The van der Waals surface area contributed by atoms with E-state index in [2.05, 4.69) is 27.3 Å². The Kier molecular flexibility index (Phi) is 4.80. The van der Waals surface area contributed by atoms with Crippen molar-refractivity contribution in [3.05, 3.63) is 52.7 Å². The summed E-state index contributed by atoms with van der Waals surface area (Å²) >= 11 is 6.24. The summed E-state index contributed by atoms with van der Waals surface area (Å²) < 4.78 is 5.37. The van der Waals surface area contributed by atoms with Gasteiger partial charge in [0.25, 0.3) is 0 Å². The molecule has 0 aliphatic carbocycles. The van der Waals surface area contributed by atoms with E-state index in [4.69, 9.17) is 16.3 Å². The zero-order valence-electron chi connectivity index (χ0n) is 12.7. The van der Waals surface area contributed by atoms with Crippen molar-refractivity contribution in [2.24, 2.45) is 0 Å². The summed E-state index contributed by atoms with van der Waals surface area (Å²) in [4.78, 5) is 6.77. The van der Waals surface area contributed by atoms with Crippen LogP contribution in [0.4, 0.5) is 11.5 Å². The van der Waals surface area contributed by atoms with Crippen molar-refractivity contribution in [1.29, 1.82) is 0 Å². The molecule has 0 amide bonds. The Morgan fingerprint density at radius 2 is 2.05 bits per heavy atom. The van der Waals surface area contributed by atoms with Crippen LogP contribution < -0.4 is 10.2 Å². The van der Waals surface area contributed by atoms with Gasteiger partial charge in [0.15, 0.2) is 0 Å². The van der Waals surface area contributed by atoms with E-state index in [1.165, 1.54) is 5.56 Å². The van der Waals surface area contributed by atoms with E-state index >= 15 is 0 Å². The third-order valence-corrected chi connectivity index (χ3v) is 4.14. The van der Waals surface area contributed by atoms with E-state index in [1.807, 2.05) is 31.3 Å². The number of aromatic nitrogens is 1. The summed E-state index contributed by atoms with van der Waals surface area (Å²) in [5.41, 5.74) is 3.38. The summed E-state index contributed by atoms with van der Waals surface area (Å²) in [6.07, 6.45) is 1.91. The average Bonchev–Trinajstić information content (AvgIpc) is 2.55. The minimum atomic E-state index is 0.670. The number of ether oxygens (including phenoxy) is 1. The molecule has 0 radical (unpaired) electrons. The second-order valence-electron chi connectivity index (χ2n) is 5.45. The smallest absolute Gasteiger partial charge is 0.126 e. The van der Waals surface area contributed by atoms with Gasteiger partial charge in [-0.2, -0.15) is 0 Å². The number of nitrogens with zero attached hydrogens (tertiary/aromatic N) is 2. The van der Waals surface area contributed by atoms with Crippen molar-refractivity contribution in [2.45, 2.75) is 13.5 Å². The molecule has 1 aromatic carbocycles. The standard InChI is InChI=1S/C17H20ClN3O/c1-13-2-3-14(16(18)10-13)11-19-17-5-4-15(12-20-17)21-6-8-22-9-7-21/h2-5,10,12H,6-9,11H2,1H3,(H,19,20). The molecular formula is C17H20ClN3O. The van der Waals surface area contributed by atoms with Crippen LogP contribution in [0.2, 0.25) is 5.02 Å². The Bertz CT molecular complexity index is 624. The monoisotopic (exact) mass is 317 g/mol. The highest BCUT2D eigenvalue weighted by Gasteiger charge is 2.11. The number of nitrogens with one attached hydrogen (secondary N) is 1. The van der Waals surface area contributed by atoms with Gasteiger partial charge in [0.1, 0.15) is 5.82 Å². The Labute approximate surface area is 136 Å². The van der Waals surface area contributed by atoms with Gasteiger partial charge in [-0.3, -0.25) is 0 Å². The SMILES string of the molecule is Cc1ccc(CNc2ccc(N3CCOCC3)cn2)c(Cl)c1. The molecule has 0 atom stereocenters. The zero-order chi connectivity index (χ0) is 15.4. The van der Waals surface area contributed by atoms with Crippen LogP contribution in [0.5, 0.6) is 0 Å². The van der Waals surface area contributed by atoms with E-state index in [0.29, 0.717) is 6.54 Å². The molecule has 1 N–H and O–H groups in total. The Hall–Kier alpha value is -1.78. The molecule has 1 aliphatic heterocycles. The minimum absolute atomic E-state index is 0.670. The fraction of sp³-hybridized carbons (Fsp3) is 0.353. The molecule has 0 unspecified atom stereocenters. The topological polar surface area (TPSA) is 37.4 Å². The quantitative estimate of drug-likeness (QED) is 0.936. The normalized spacial score (nSPS) is 14.9. The van der Waals surface area contributed by atoms with Crippen LogP contribution in [0.1, 0.15) is 11.1 Å². The number of hydrogen-bond donors (Lipinski definition) is 1. The molecule has 1 saturated heterocycles. The maximum atomic E-state index is 6.24. The second-order valence-corrected chi connectivity index (χ2v) is 5.86. The average molecular weight is 318 g/mol. The predicted molar refractivity (Wildman–Crippen MR) is 90.8 cm³/mol. The number of rotatable bonds is 4. The molecule has 0 bridgehead atoms. The molecular weight excluding hydrogens is 298 g/mol. The van der Waals surface area contributed by atoms with Crippen LogP contribution >= 0.6 is 11.6 Å². The molecule has 0 saturated carbocycles. The third-order valence-electron chi connectivity index (χ3n) is 3.79. The van der Waals surface area contributed by atoms with Crippen molar-refractivity contribution in [3.63, 3.8) is 0 Å². The number of benzene rings is 1. The molecule has 116 valence electrons. The van der Waals surface area contributed by atoms with Crippen molar-refractivity contribution in [3.8, 4) is 0 Å². The lowest BCUT2D eigenvalue weighted by molar-refractivity contribution is 0.122. The summed E-state index contributed by atoms with van der Waals surface area (Å²) in [5.74, 6) is 0.855. The maximum Gasteiger partial charge on any atom is 0.126 e. The van der Waals surface area contributed by atoms with E-state index in [-0.39, 0.29) is 0 Å². The molecule has 2 aromatic rings. The van der Waals surface area contributed by atoms with Gasteiger partial charge in [-0.1, -0.05) is 23.7 Å². The lowest BCUT2D eigenvalue weighted by atomic mass is 10.1. The van der Waals surface area contributed by atoms with Gasteiger partial charge < -0.3 is 15.0 Å². The number of halogens is 1. The maximum absolute atomic E-state index is 6.24. The van der Waals surface area contributed by atoms with Crippen LogP contribution in [0, 0.1) is 6.92 Å². The number of anilines is 2. The fourth-order valence-corrected chi connectivity index (χ4v) is 2.78. The number of morpholine rings is 1. The van der Waals surface area contributed by atoms with Crippen LogP contribution in [0.3, 0.4) is 0 Å².